The summed E-state index contributed by atoms with van der Waals surface area (Å²) in [6, 6.07) is 1.68. The van der Waals surface area contributed by atoms with Crippen LogP contribution in [0.2, 0.25) is 0 Å². The molecule has 7 nitrogen and oxygen atoms in total. The van der Waals surface area contributed by atoms with Gasteiger partial charge >= 0.3 is 0 Å². The number of anilines is 1. The number of aromatic nitrogens is 1. The number of pyridine rings is 1. The highest BCUT2D eigenvalue weighted by atomic mass is 16.6. The molecule has 0 amide bonds. The third-order valence-electron chi connectivity index (χ3n) is 3.27. The molecule has 0 bridgehead atoms. The van der Waals surface area contributed by atoms with Crippen LogP contribution in [0.1, 0.15) is 12.5 Å². The normalized spacial score (nSPS) is 21.2. The Kier molecular flexibility index (Phi) is 3.96. The van der Waals surface area contributed by atoms with E-state index in [4.69, 9.17) is 10.5 Å². The van der Waals surface area contributed by atoms with Crippen molar-refractivity contribution < 1.29 is 9.66 Å². The van der Waals surface area contributed by atoms with E-state index in [1.165, 1.54) is 6.20 Å². The largest absolute Gasteiger partial charge is 0.373 e. The summed E-state index contributed by atoms with van der Waals surface area (Å²) >= 11 is 0. The van der Waals surface area contributed by atoms with Gasteiger partial charge < -0.3 is 15.4 Å². The predicted octanol–water partition coefficient (Wildman–Crippen LogP) is 0.851. The second-order valence-corrected chi connectivity index (χ2v) is 4.80. The van der Waals surface area contributed by atoms with Crippen LogP contribution in [0.3, 0.4) is 0 Å². The topological polar surface area (TPSA) is 94.5 Å². The molecule has 0 saturated carbocycles. The molecule has 2 atom stereocenters. The number of nitrogens with zero attached hydrogens (tertiary/aromatic N) is 3. The lowest BCUT2D eigenvalue weighted by Gasteiger charge is -2.35. The van der Waals surface area contributed by atoms with Crippen molar-refractivity contribution in [2.45, 2.75) is 26.0 Å². The van der Waals surface area contributed by atoms with Crippen molar-refractivity contribution in [1.82, 2.24) is 4.98 Å². The summed E-state index contributed by atoms with van der Waals surface area (Å²) in [5.74, 6) is 0.733. The fraction of sp³-hybridized carbons (Fsp3) is 0.583. The molecule has 2 N–H and O–H groups in total. The lowest BCUT2D eigenvalue weighted by molar-refractivity contribution is -0.385. The van der Waals surface area contributed by atoms with Gasteiger partial charge in [0, 0.05) is 24.7 Å². The Balaban J connectivity index is 2.18. The highest BCUT2D eigenvalue weighted by Gasteiger charge is 2.25. The van der Waals surface area contributed by atoms with Gasteiger partial charge in [-0.15, -0.1) is 0 Å². The van der Waals surface area contributed by atoms with Crippen molar-refractivity contribution in [3.05, 3.63) is 27.9 Å². The molecule has 2 unspecified atom stereocenters. The molecule has 0 spiro atoms. The number of rotatable bonds is 3. The standard InChI is InChI=1S/C12H18N4O3/c1-8-5-12(14-6-10(8)16(17)18)15-3-4-19-11(7-15)9(2)13/h5-6,9,11H,3-4,7,13H2,1-2H3. The van der Waals surface area contributed by atoms with E-state index in [1.807, 2.05) is 11.8 Å². The molecule has 0 aromatic carbocycles. The van der Waals surface area contributed by atoms with Crippen LogP contribution in [0.25, 0.3) is 0 Å². The van der Waals surface area contributed by atoms with E-state index in [-0.39, 0.29) is 17.8 Å². The van der Waals surface area contributed by atoms with E-state index in [2.05, 4.69) is 4.98 Å². The monoisotopic (exact) mass is 266 g/mol. The Morgan fingerprint density at radius 2 is 2.42 bits per heavy atom. The van der Waals surface area contributed by atoms with Crippen LogP contribution in [-0.2, 0) is 4.74 Å². The highest BCUT2D eigenvalue weighted by molar-refractivity contribution is 5.49. The number of aryl methyl sites for hydroxylation is 1. The molecule has 1 fully saturated rings. The van der Waals surface area contributed by atoms with Crippen molar-refractivity contribution in [3.8, 4) is 0 Å². The Hall–Kier alpha value is -1.73. The maximum atomic E-state index is 10.8. The van der Waals surface area contributed by atoms with E-state index < -0.39 is 4.92 Å². The van der Waals surface area contributed by atoms with Gasteiger partial charge in [0.1, 0.15) is 12.0 Å². The van der Waals surface area contributed by atoms with Gasteiger partial charge in [-0.2, -0.15) is 0 Å². The zero-order valence-corrected chi connectivity index (χ0v) is 11.1. The number of nitrogens with two attached hydrogens (primary N) is 1. The number of nitro groups is 1. The molecule has 7 heteroatoms. The second-order valence-electron chi connectivity index (χ2n) is 4.80. The van der Waals surface area contributed by atoms with Crippen molar-refractivity contribution >= 4 is 11.5 Å². The van der Waals surface area contributed by atoms with Gasteiger partial charge in [0.15, 0.2) is 0 Å². The van der Waals surface area contributed by atoms with Gasteiger partial charge in [0.2, 0.25) is 0 Å². The molecule has 0 radical (unpaired) electrons. The average Bonchev–Trinajstić information content (AvgIpc) is 2.38. The van der Waals surface area contributed by atoms with Crippen molar-refractivity contribution in [2.24, 2.45) is 5.73 Å². The number of ether oxygens (including phenoxy) is 1. The summed E-state index contributed by atoms with van der Waals surface area (Å²) in [5, 5.41) is 10.8. The van der Waals surface area contributed by atoms with Crippen LogP contribution in [0.4, 0.5) is 11.5 Å². The first-order chi connectivity index (χ1) is 8.99. The van der Waals surface area contributed by atoms with Crippen LogP contribution < -0.4 is 10.6 Å². The molecule has 104 valence electrons. The fourth-order valence-electron chi connectivity index (χ4n) is 2.10. The quantitative estimate of drug-likeness (QED) is 0.643. The molecule has 19 heavy (non-hydrogen) atoms. The van der Waals surface area contributed by atoms with Crippen molar-refractivity contribution in [2.75, 3.05) is 24.6 Å². The molecule has 2 rings (SSSR count). The maximum Gasteiger partial charge on any atom is 0.290 e. The summed E-state index contributed by atoms with van der Waals surface area (Å²) in [5.41, 5.74) is 6.49. The molecule has 1 aliphatic heterocycles. The van der Waals surface area contributed by atoms with Crippen molar-refractivity contribution in [3.63, 3.8) is 0 Å². The predicted molar refractivity (Wildman–Crippen MR) is 71.2 cm³/mol. The van der Waals surface area contributed by atoms with Crippen LogP contribution in [-0.4, -0.2) is 41.7 Å². The Bertz CT molecular complexity index is 478. The van der Waals surface area contributed by atoms with Crippen LogP contribution in [0.15, 0.2) is 12.3 Å². The Labute approximate surface area is 111 Å². The van der Waals surface area contributed by atoms with E-state index in [1.54, 1.807) is 13.0 Å². The molecule has 1 aromatic rings. The molecule has 0 aliphatic carbocycles. The number of morpholine rings is 1. The molecule has 1 saturated heterocycles. The summed E-state index contributed by atoms with van der Waals surface area (Å²) in [6.07, 6.45) is 1.27. The SMILES string of the molecule is Cc1cc(N2CCOC(C(C)N)C2)ncc1[N+](=O)[O-]. The van der Waals surface area contributed by atoms with Crippen molar-refractivity contribution in [1.29, 1.82) is 0 Å². The van der Waals surface area contributed by atoms with Gasteiger partial charge in [0.05, 0.1) is 17.6 Å². The molecular weight excluding hydrogens is 248 g/mol. The third kappa shape index (κ3) is 2.99. The fourth-order valence-corrected chi connectivity index (χ4v) is 2.10. The first kappa shape index (κ1) is 13.7. The zero-order valence-electron chi connectivity index (χ0n) is 11.1. The highest BCUT2D eigenvalue weighted by Crippen LogP contribution is 2.23. The molecular formula is C12H18N4O3. The molecule has 2 heterocycles. The average molecular weight is 266 g/mol. The lowest BCUT2D eigenvalue weighted by atomic mass is 10.1. The van der Waals surface area contributed by atoms with E-state index in [9.17, 15) is 10.1 Å². The van der Waals surface area contributed by atoms with Crippen LogP contribution >= 0.6 is 0 Å². The van der Waals surface area contributed by atoms with E-state index >= 15 is 0 Å². The number of hydrogen-bond acceptors (Lipinski definition) is 6. The minimum atomic E-state index is -0.420. The summed E-state index contributed by atoms with van der Waals surface area (Å²) in [7, 11) is 0. The maximum absolute atomic E-state index is 10.8. The van der Waals surface area contributed by atoms with Gasteiger partial charge in [-0.05, 0) is 19.9 Å². The Morgan fingerprint density at radius 3 is 3.00 bits per heavy atom. The first-order valence-corrected chi connectivity index (χ1v) is 6.22. The van der Waals surface area contributed by atoms with Crippen LogP contribution in [0, 0.1) is 17.0 Å². The lowest BCUT2D eigenvalue weighted by Crippen LogP contribution is -2.49. The minimum absolute atomic E-state index is 0.0361. The zero-order chi connectivity index (χ0) is 14.0. The van der Waals surface area contributed by atoms with Gasteiger partial charge in [0.25, 0.3) is 5.69 Å². The summed E-state index contributed by atoms with van der Waals surface area (Å²) in [4.78, 5) is 16.6. The smallest absolute Gasteiger partial charge is 0.290 e. The van der Waals surface area contributed by atoms with Gasteiger partial charge in [-0.25, -0.2) is 4.98 Å². The third-order valence-corrected chi connectivity index (χ3v) is 3.27. The van der Waals surface area contributed by atoms with E-state index in [0.717, 1.165) is 5.82 Å². The van der Waals surface area contributed by atoms with Gasteiger partial charge in [-0.3, -0.25) is 10.1 Å². The number of hydrogen-bond donors (Lipinski definition) is 1. The first-order valence-electron chi connectivity index (χ1n) is 6.22. The molecule has 1 aliphatic rings. The van der Waals surface area contributed by atoms with Gasteiger partial charge in [-0.1, -0.05) is 0 Å². The van der Waals surface area contributed by atoms with E-state index in [0.29, 0.717) is 25.3 Å². The Morgan fingerprint density at radius 1 is 1.68 bits per heavy atom. The van der Waals surface area contributed by atoms with Crippen LogP contribution in [0.5, 0.6) is 0 Å². The minimum Gasteiger partial charge on any atom is -0.373 e. The second kappa shape index (κ2) is 5.50. The summed E-state index contributed by atoms with van der Waals surface area (Å²) < 4.78 is 5.58. The molecule has 1 aromatic heterocycles. The summed E-state index contributed by atoms with van der Waals surface area (Å²) in [6.45, 7) is 5.58.